The number of rotatable bonds is 3. The Morgan fingerprint density at radius 2 is 1.79 bits per heavy atom. The van der Waals surface area contributed by atoms with Crippen LogP contribution >= 0.6 is 23.2 Å². The number of halogens is 2. The first-order valence-electron chi connectivity index (χ1n) is 7.00. The minimum atomic E-state index is 0.480. The van der Waals surface area contributed by atoms with Gasteiger partial charge in [0.15, 0.2) is 0 Å². The van der Waals surface area contributed by atoms with Gasteiger partial charge in [-0.3, -0.25) is 0 Å². The lowest BCUT2D eigenvalue weighted by Crippen LogP contribution is -2.35. The molecule has 1 aromatic carbocycles. The molecule has 2 atom stereocenters. The van der Waals surface area contributed by atoms with Crippen molar-refractivity contribution in [3.63, 3.8) is 0 Å². The average molecular weight is 301 g/mol. The first kappa shape index (κ1) is 14.8. The van der Waals surface area contributed by atoms with Crippen LogP contribution in [-0.4, -0.2) is 6.04 Å². The number of anilines is 2. The number of nitrogens with one attached hydrogen (secondary N) is 1. The van der Waals surface area contributed by atoms with E-state index in [-0.39, 0.29) is 0 Å². The van der Waals surface area contributed by atoms with E-state index in [2.05, 4.69) is 19.2 Å². The molecule has 19 heavy (non-hydrogen) atoms. The summed E-state index contributed by atoms with van der Waals surface area (Å²) < 4.78 is 0. The molecule has 0 bridgehead atoms. The Kier molecular flexibility index (Phi) is 4.86. The Morgan fingerprint density at radius 3 is 2.47 bits per heavy atom. The Labute approximate surface area is 125 Å². The van der Waals surface area contributed by atoms with E-state index in [9.17, 15) is 0 Å². The average Bonchev–Trinajstić information content (AvgIpc) is 2.36. The Hall–Kier alpha value is -0.600. The van der Waals surface area contributed by atoms with Crippen LogP contribution in [0.1, 0.15) is 39.5 Å². The van der Waals surface area contributed by atoms with Crippen molar-refractivity contribution in [2.45, 2.75) is 45.6 Å². The molecule has 0 amide bonds. The van der Waals surface area contributed by atoms with E-state index in [0.29, 0.717) is 33.6 Å². The fourth-order valence-corrected chi connectivity index (χ4v) is 3.36. The molecule has 4 heteroatoms. The van der Waals surface area contributed by atoms with Crippen LogP contribution in [0.3, 0.4) is 0 Å². The highest BCUT2D eigenvalue weighted by Gasteiger charge is 2.27. The Morgan fingerprint density at radius 1 is 1.16 bits per heavy atom. The monoisotopic (exact) mass is 300 g/mol. The molecule has 1 aliphatic carbocycles. The van der Waals surface area contributed by atoms with Crippen LogP contribution in [0.2, 0.25) is 10.0 Å². The van der Waals surface area contributed by atoms with E-state index < -0.39 is 0 Å². The normalized spacial score (nSPS) is 23.6. The molecule has 2 rings (SSSR count). The van der Waals surface area contributed by atoms with Crippen LogP contribution in [0.25, 0.3) is 0 Å². The topological polar surface area (TPSA) is 38.0 Å². The van der Waals surface area contributed by atoms with E-state index in [0.717, 1.165) is 5.69 Å². The molecule has 2 nitrogen and oxygen atoms in total. The number of hydrogen-bond donors (Lipinski definition) is 2. The molecule has 106 valence electrons. The molecule has 0 heterocycles. The van der Waals surface area contributed by atoms with Crippen LogP contribution < -0.4 is 11.1 Å². The van der Waals surface area contributed by atoms with Crippen LogP contribution in [0.15, 0.2) is 12.1 Å². The standard InChI is InChI=1S/C15H22Cl2N2/c1-9(2)10-5-3-4-6-14(10)19-15-8-12(17)11(16)7-13(15)18/h7-10,14,19H,3-6,18H2,1-2H3. The molecule has 1 aliphatic rings. The van der Waals surface area contributed by atoms with Gasteiger partial charge in [0.05, 0.1) is 21.4 Å². The van der Waals surface area contributed by atoms with Gasteiger partial charge in [0, 0.05) is 6.04 Å². The highest BCUT2D eigenvalue weighted by Crippen LogP contribution is 2.36. The summed E-state index contributed by atoms with van der Waals surface area (Å²) in [5, 5.41) is 4.64. The summed E-state index contributed by atoms with van der Waals surface area (Å²) in [5.41, 5.74) is 7.60. The molecule has 1 fully saturated rings. The van der Waals surface area contributed by atoms with Crippen molar-refractivity contribution in [1.82, 2.24) is 0 Å². The molecule has 2 unspecified atom stereocenters. The highest BCUT2D eigenvalue weighted by molar-refractivity contribution is 6.42. The summed E-state index contributed by atoms with van der Waals surface area (Å²) in [4.78, 5) is 0. The van der Waals surface area contributed by atoms with Gasteiger partial charge < -0.3 is 11.1 Å². The second-order valence-electron chi connectivity index (χ2n) is 5.80. The van der Waals surface area contributed by atoms with E-state index in [1.54, 1.807) is 6.07 Å². The summed E-state index contributed by atoms with van der Waals surface area (Å²) in [7, 11) is 0. The minimum Gasteiger partial charge on any atom is -0.397 e. The van der Waals surface area contributed by atoms with Crippen molar-refractivity contribution in [3.05, 3.63) is 22.2 Å². The highest BCUT2D eigenvalue weighted by atomic mass is 35.5. The Bertz CT molecular complexity index is 446. The number of nitrogens with two attached hydrogens (primary N) is 1. The fraction of sp³-hybridized carbons (Fsp3) is 0.600. The molecule has 0 radical (unpaired) electrons. The molecule has 3 N–H and O–H groups in total. The first-order valence-corrected chi connectivity index (χ1v) is 7.75. The molecular weight excluding hydrogens is 279 g/mol. The largest absolute Gasteiger partial charge is 0.397 e. The summed E-state index contributed by atoms with van der Waals surface area (Å²) in [6.45, 7) is 4.59. The van der Waals surface area contributed by atoms with Gasteiger partial charge in [0.1, 0.15) is 0 Å². The molecule has 1 aromatic rings. The van der Waals surface area contributed by atoms with E-state index in [1.165, 1.54) is 25.7 Å². The zero-order valence-electron chi connectivity index (χ0n) is 11.5. The van der Waals surface area contributed by atoms with Crippen molar-refractivity contribution in [1.29, 1.82) is 0 Å². The van der Waals surface area contributed by atoms with Gasteiger partial charge in [-0.25, -0.2) is 0 Å². The quantitative estimate of drug-likeness (QED) is 0.753. The maximum atomic E-state index is 6.07. The van der Waals surface area contributed by atoms with Gasteiger partial charge in [-0.2, -0.15) is 0 Å². The van der Waals surface area contributed by atoms with Crippen LogP contribution in [0.5, 0.6) is 0 Å². The molecule has 0 aliphatic heterocycles. The van der Waals surface area contributed by atoms with Crippen molar-refractivity contribution in [3.8, 4) is 0 Å². The zero-order valence-corrected chi connectivity index (χ0v) is 13.1. The number of nitrogen functional groups attached to an aromatic ring is 1. The van der Waals surface area contributed by atoms with Gasteiger partial charge in [-0.1, -0.05) is 49.9 Å². The van der Waals surface area contributed by atoms with Gasteiger partial charge in [0.2, 0.25) is 0 Å². The van der Waals surface area contributed by atoms with Gasteiger partial charge in [-0.05, 0) is 36.8 Å². The van der Waals surface area contributed by atoms with Crippen molar-refractivity contribution >= 4 is 34.6 Å². The van der Waals surface area contributed by atoms with Crippen molar-refractivity contribution in [2.24, 2.45) is 11.8 Å². The SMILES string of the molecule is CC(C)C1CCCCC1Nc1cc(Cl)c(Cl)cc1N. The lowest BCUT2D eigenvalue weighted by Gasteiger charge is -2.35. The smallest absolute Gasteiger partial charge is 0.0614 e. The number of hydrogen-bond acceptors (Lipinski definition) is 2. The predicted octanol–water partition coefficient (Wildman–Crippen LogP) is 5.20. The van der Waals surface area contributed by atoms with Crippen LogP contribution in [-0.2, 0) is 0 Å². The second-order valence-corrected chi connectivity index (χ2v) is 6.61. The zero-order chi connectivity index (χ0) is 14.0. The maximum Gasteiger partial charge on any atom is 0.0614 e. The maximum absolute atomic E-state index is 6.07. The van der Waals surface area contributed by atoms with Crippen LogP contribution in [0.4, 0.5) is 11.4 Å². The van der Waals surface area contributed by atoms with Gasteiger partial charge in [-0.15, -0.1) is 0 Å². The summed E-state index contributed by atoms with van der Waals surface area (Å²) >= 11 is 12.0. The molecular formula is C15H22Cl2N2. The van der Waals surface area contributed by atoms with Gasteiger partial charge >= 0.3 is 0 Å². The fourth-order valence-electron chi connectivity index (χ4n) is 3.02. The third-order valence-electron chi connectivity index (χ3n) is 4.11. The lowest BCUT2D eigenvalue weighted by molar-refractivity contribution is 0.254. The second kappa shape index (κ2) is 6.23. The minimum absolute atomic E-state index is 0.480. The van der Waals surface area contributed by atoms with E-state index >= 15 is 0 Å². The van der Waals surface area contributed by atoms with Crippen molar-refractivity contribution < 1.29 is 0 Å². The predicted molar refractivity (Wildman–Crippen MR) is 85.1 cm³/mol. The first-order chi connectivity index (χ1) is 8.99. The molecule has 0 saturated heterocycles. The molecule has 1 saturated carbocycles. The third-order valence-corrected chi connectivity index (χ3v) is 4.83. The van der Waals surface area contributed by atoms with Gasteiger partial charge in [0.25, 0.3) is 0 Å². The van der Waals surface area contributed by atoms with E-state index in [4.69, 9.17) is 28.9 Å². The Balaban J connectivity index is 2.17. The van der Waals surface area contributed by atoms with Crippen LogP contribution in [0, 0.1) is 11.8 Å². The lowest BCUT2D eigenvalue weighted by atomic mass is 9.78. The summed E-state index contributed by atoms with van der Waals surface area (Å²) in [6, 6.07) is 4.04. The third kappa shape index (κ3) is 3.49. The van der Waals surface area contributed by atoms with E-state index in [1.807, 2.05) is 6.07 Å². The molecule has 0 aromatic heterocycles. The summed E-state index contributed by atoms with van der Waals surface area (Å²) in [6.07, 6.45) is 5.10. The van der Waals surface area contributed by atoms with Crippen molar-refractivity contribution in [2.75, 3.05) is 11.1 Å². The molecule has 0 spiro atoms. The summed E-state index contributed by atoms with van der Waals surface area (Å²) in [5.74, 6) is 1.38. The number of benzene rings is 1.